The van der Waals surface area contributed by atoms with Crippen LogP contribution in [0.5, 0.6) is 0 Å². The summed E-state index contributed by atoms with van der Waals surface area (Å²) in [5, 5.41) is 6.39. The fourth-order valence-electron chi connectivity index (χ4n) is 3.85. The molecule has 0 aliphatic carbocycles. The van der Waals surface area contributed by atoms with Gasteiger partial charge in [0.15, 0.2) is 5.44 Å². The molecule has 2 amide bonds. The van der Waals surface area contributed by atoms with E-state index in [1.807, 2.05) is 0 Å². The molecule has 0 bridgehead atoms. The highest BCUT2D eigenvalue weighted by atomic mass is 35.5. The Morgan fingerprint density at radius 1 is 1.29 bits per heavy atom. The van der Waals surface area contributed by atoms with E-state index >= 15 is 0 Å². The number of nitrogens with zero attached hydrogens (tertiary/aromatic N) is 4. The number of pyridine rings is 1. The molecule has 1 fully saturated rings. The number of halogens is 3. The number of carbonyl (C=O) groups is 2. The number of likely N-dealkylation sites (tertiary alicyclic amines) is 1. The van der Waals surface area contributed by atoms with Crippen LogP contribution in [0.25, 0.3) is 10.9 Å². The smallest absolute Gasteiger partial charge is 0.350 e. The maximum Gasteiger partial charge on any atom is 0.376 e. The molecule has 180 valence electrons. The number of rotatable bonds is 6. The van der Waals surface area contributed by atoms with Crippen molar-refractivity contribution in [3.8, 4) is 0 Å². The van der Waals surface area contributed by atoms with E-state index in [1.165, 1.54) is 36.7 Å². The Balaban J connectivity index is 1.52. The molecule has 0 unspecified atom stereocenters. The molecular formula is C20H19ClF2N5O5P. The highest BCUT2D eigenvalue weighted by Crippen LogP contribution is 2.35. The zero-order valence-corrected chi connectivity index (χ0v) is 19.1. The van der Waals surface area contributed by atoms with Crippen LogP contribution < -0.4 is 10.8 Å². The number of amides is 2. The predicted octanol–water partition coefficient (Wildman–Crippen LogP) is 1.28. The molecular weight excluding hydrogens is 495 g/mol. The van der Waals surface area contributed by atoms with Gasteiger partial charge in [0.25, 0.3) is 0 Å². The molecule has 34 heavy (non-hydrogen) atoms. The van der Waals surface area contributed by atoms with E-state index in [4.69, 9.17) is 11.6 Å². The minimum absolute atomic E-state index is 0.108. The Morgan fingerprint density at radius 2 is 2.06 bits per heavy atom. The van der Waals surface area contributed by atoms with Crippen molar-refractivity contribution >= 4 is 47.3 Å². The van der Waals surface area contributed by atoms with Gasteiger partial charge in [-0.2, -0.15) is 5.10 Å². The third-order valence-corrected chi connectivity index (χ3v) is 6.63. The lowest BCUT2D eigenvalue weighted by Crippen LogP contribution is -2.47. The van der Waals surface area contributed by atoms with Gasteiger partial charge in [0, 0.05) is 30.1 Å². The number of benzene rings is 1. The van der Waals surface area contributed by atoms with E-state index in [0.29, 0.717) is 0 Å². The standard InChI is InChI=1S/C20H19ClF2N5O5P/c21-14-3-1-2-11(18(14)23)7-25-19(30)15-6-12(22)9-27(15)17(29)10-28-16-8-24-5-4-13(16)20(26-28)34(31,32)33/h1-5,8,12,15H,6-7,9-10H2,(H,25,30)(H2,31,32,33)/t12-,15+/m1/s1. The van der Waals surface area contributed by atoms with Crippen LogP contribution in [0.15, 0.2) is 36.7 Å². The van der Waals surface area contributed by atoms with Crippen molar-refractivity contribution in [2.45, 2.75) is 31.7 Å². The van der Waals surface area contributed by atoms with Crippen molar-refractivity contribution in [2.75, 3.05) is 6.54 Å². The van der Waals surface area contributed by atoms with Gasteiger partial charge in [-0.25, -0.2) is 8.78 Å². The number of carbonyl (C=O) groups excluding carboxylic acids is 2. The fourth-order valence-corrected chi connectivity index (χ4v) is 4.77. The van der Waals surface area contributed by atoms with E-state index in [9.17, 15) is 32.7 Å². The molecule has 0 saturated carbocycles. The Bertz CT molecular complexity index is 1320. The van der Waals surface area contributed by atoms with Gasteiger partial charge in [-0.15, -0.1) is 0 Å². The zero-order chi connectivity index (χ0) is 24.6. The summed E-state index contributed by atoms with van der Waals surface area (Å²) in [6.45, 7) is -1.05. The van der Waals surface area contributed by atoms with Crippen molar-refractivity contribution < 1.29 is 32.7 Å². The van der Waals surface area contributed by atoms with Crippen molar-refractivity contribution in [1.29, 1.82) is 0 Å². The fraction of sp³-hybridized carbons (Fsp3) is 0.300. The van der Waals surface area contributed by atoms with Crippen molar-refractivity contribution in [2.24, 2.45) is 0 Å². The van der Waals surface area contributed by atoms with Crippen LogP contribution in [-0.2, 0) is 27.2 Å². The first-order chi connectivity index (χ1) is 16.1. The number of hydrogen-bond acceptors (Lipinski definition) is 5. The Morgan fingerprint density at radius 3 is 2.79 bits per heavy atom. The third-order valence-electron chi connectivity index (χ3n) is 5.45. The second-order valence-corrected chi connectivity index (χ2v) is 9.66. The molecule has 3 aromatic rings. The lowest BCUT2D eigenvalue weighted by atomic mass is 10.1. The summed E-state index contributed by atoms with van der Waals surface area (Å²) in [5.41, 5.74) is -0.183. The predicted molar refractivity (Wildman–Crippen MR) is 117 cm³/mol. The van der Waals surface area contributed by atoms with Crippen molar-refractivity contribution in [1.82, 2.24) is 25.0 Å². The number of nitrogens with one attached hydrogen (secondary N) is 1. The normalized spacial score (nSPS) is 18.4. The molecule has 0 spiro atoms. The molecule has 0 radical (unpaired) electrons. The molecule has 10 nitrogen and oxygen atoms in total. The monoisotopic (exact) mass is 513 g/mol. The molecule has 1 aliphatic rings. The van der Waals surface area contributed by atoms with Crippen LogP contribution in [-0.4, -0.2) is 60.0 Å². The first kappa shape index (κ1) is 24.2. The summed E-state index contributed by atoms with van der Waals surface area (Å²) >= 11 is 5.74. The molecule has 3 heterocycles. The molecule has 2 aromatic heterocycles. The maximum atomic E-state index is 14.2. The highest BCUT2D eigenvalue weighted by molar-refractivity contribution is 7.60. The summed E-state index contributed by atoms with van der Waals surface area (Å²) in [5.74, 6) is -2.04. The van der Waals surface area contributed by atoms with Crippen LogP contribution in [0.4, 0.5) is 8.78 Å². The molecule has 3 N–H and O–H groups in total. The lowest BCUT2D eigenvalue weighted by Gasteiger charge is -2.23. The minimum atomic E-state index is -4.74. The first-order valence-corrected chi connectivity index (χ1v) is 12.1. The topological polar surface area (TPSA) is 138 Å². The number of hydrogen-bond donors (Lipinski definition) is 3. The molecule has 1 aliphatic heterocycles. The lowest BCUT2D eigenvalue weighted by molar-refractivity contribution is -0.139. The second kappa shape index (κ2) is 9.38. The quantitative estimate of drug-likeness (QED) is 0.422. The Kier molecular flexibility index (Phi) is 6.68. The Labute approximate surface area is 196 Å². The number of aromatic nitrogens is 3. The number of fused-ring (bicyclic) bond motifs is 1. The van der Waals surface area contributed by atoms with Gasteiger partial charge in [0.2, 0.25) is 11.8 Å². The zero-order valence-electron chi connectivity index (χ0n) is 17.4. The number of alkyl halides is 1. The highest BCUT2D eigenvalue weighted by Gasteiger charge is 2.40. The molecule has 2 atom stereocenters. The van der Waals surface area contributed by atoms with Crippen molar-refractivity contribution in [3.63, 3.8) is 0 Å². The average Bonchev–Trinajstić information content (AvgIpc) is 3.36. The summed E-state index contributed by atoms with van der Waals surface area (Å²) in [6, 6.07) is 4.53. The first-order valence-electron chi connectivity index (χ1n) is 10.1. The summed E-state index contributed by atoms with van der Waals surface area (Å²) in [6.07, 6.45) is 0.918. The maximum absolute atomic E-state index is 14.2. The molecule has 1 saturated heterocycles. The molecule has 4 rings (SSSR count). The third kappa shape index (κ3) is 4.80. The van der Waals surface area contributed by atoms with Crippen LogP contribution >= 0.6 is 19.2 Å². The summed E-state index contributed by atoms with van der Waals surface area (Å²) < 4.78 is 41.1. The van der Waals surface area contributed by atoms with Gasteiger partial charge in [-0.3, -0.25) is 23.8 Å². The largest absolute Gasteiger partial charge is 0.376 e. The Hall–Kier alpha value is -2.92. The van der Waals surface area contributed by atoms with E-state index in [1.54, 1.807) is 0 Å². The van der Waals surface area contributed by atoms with Crippen LogP contribution in [0.3, 0.4) is 0 Å². The summed E-state index contributed by atoms with van der Waals surface area (Å²) in [7, 11) is -4.74. The second-order valence-electron chi connectivity index (χ2n) is 7.74. The van der Waals surface area contributed by atoms with Gasteiger partial charge in [-0.1, -0.05) is 23.7 Å². The van der Waals surface area contributed by atoms with Crippen molar-refractivity contribution in [3.05, 3.63) is 53.1 Å². The van der Waals surface area contributed by atoms with E-state index in [2.05, 4.69) is 15.4 Å². The molecule has 1 aromatic carbocycles. The summed E-state index contributed by atoms with van der Waals surface area (Å²) in [4.78, 5) is 49.8. The van der Waals surface area contributed by atoms with E-state index in [-0.39, 0.29) is 41.0 Å². The van der Waals surface area contributed by atoms with Gasteiger partial charge < -0.3 is 20.0 Å². The SMILES string of the molecule is O=C(NCc1cccc(Cl)c1F)[C@@H]1C[C@@H](F)CN1C(=O)Cn1nc(P(=O)(O)O)c2ccncc21. The van der Waals surface area contributed by atoms with Gasteiger partial charge in [0.1, 0.15) is 24.6 Å². The average molecular weight is 514 g/mol. The van der Waals surface area contributed by atoms with Gasteiger partial charge in [-0.05, 0) is 12.1 Å². The van der Waals surface area contributed by atoms with Gasteiger partial charge in [0.05, 0.1) is 23.3 Å². The van der Waals surface area contributed by atoms with E-state index in [0.717, 1.165) is 9.58 Å². The molecule has 14 heteroatoms. The van der Waals surface area contributed by atoms with Crippen LogP contribution in [0, 0.1) is 5.82 Å². The van der Waals surface area contributed by atoms with Crippen LogP contribution in [0.2, 0.25) is 5.02 Å². The van der Waals surface area contributed by atoms with Gasteiger partial charge >= 0.3 is 7.60 Å². The van der Waals surface area contributed by atoms with E-state index < -0.39 is 49.4 Å². The minimum Gasteiger partial charge on any atom is -0.350 e. The van der Waals surface area contributed by atoms with Crippen LogP contribution in [0.1, 0.15) is 12.0 Å².